The third-order valence-electron chi connectivity index (χ3n) is 3.13. The molecule has 0 aliphatic rings. The van der Waals surface area contributed by atoms with Crippen molar-refractivity contribution in [2.24, 2.45) is 0 Å². The highest BCUT2D eigenvalue weighted by atomic mass is 19.2. The Hall–Kier alpha value is -3.16. The molecule has 3 aromatic rings. The van der Waals surface area contributed by atoms with Gasteiger partial charge in [-0.05, 0) is 36.8 Å². The van der Waals surface area contributed by atoms with E-state index in [0.29, 0.717) is 0 Å². The molecule has 0 saturated carbocycles. The van der Waals surface area contributed by atoms with E-state index in [0.717, 1.165) is 23.4 Å². The molecule has 8 heteroatoms. The number of nitrogens with zero attached hydrogens (tertiary/aromatic N) is 3. The molecular weight excluding hydrogens is 319 g/mol. The first kappa shape index (κ1) is 15.7. The van der Waals surface area contributed by atoms with Crippen molar-refractivity contribution in [2.45, 2.75) is 6.92 Å². The summed E-state index contributed by atoms with van der Waals surface area (Å²) < 4.78 is 39.9. The van der Waals surface area contributed by atoms with Gasteiger partial charge in [-0.3, -0.25) is 0 Å². The predicted molar refractivity (Wildman–Crippen MR) is 83.9 cm³/mol. The Balaban J connectivity index is 1.82. The molecule has 2 N–H and O–H groups in total. The molecule has 0 atom stereocenters. The average molecular weight is 331 g/mol. The second-order valence-electron chi connectivity index (χ2n) is 5.01. The Kier molecular flexibility index (Phi) is 4.28. The summed E-state index contributed by atoms with van der Waals surface area (Å²) >= 11 is 0. The lowest BCUT2D eigenvalue weighted by molar-refractivity contribution is 0.449. The number of benzene rings is 2. The number of halogens is 3. The van der Waals surface area contributed by atoms with Crippen LogP contribution in [0, 0.1) is 24.4 Å². The van der Waals surface area contributed by atoms with E-state index in [1.807, 2.05) is 31.2 Å². The van der Waals surface area contributed by atoms with Gasteiger partial charge in [-0.2, -0.15) is 10.1 Å². The second kappa shape index (κ2) is 6.53. The van der Waals surface area contributed by atoms with Gasteiger partial charge in [0.15, 0.2) is 23.3 Å². The minimum Gasteiger partial charge on any atom is -0.336 e. The van der Waals surface area contributed by atoms with E-state index in [9.17, 15) is 13.2 Å². The standard InChI is InChI=1S/C16H12F3N5/c1-9-3-2-4-10(7-9)21-16-23-13(8-20-24-16)22-12-6-5-11(17)14(18)15(12)19/h2-8H,1H3,(H2,21,22,23,24). The third-order valence-corrected chi connectivity index (χ3v) is 3.13. The largest absolute Gasteiger partial charge is 0.336 e. The first-order chi connectivity index (χ1) is 11.5. The lowest BCUT2D eigenvalue weighted by Gasteiger charge is -2.09. The number of anilines is 4. The van der Waals surface area contributed by atoms with Gasteiger partial charge in [0.25, 0.3) is 0 Å². The summed E-state index contributed by atoms with van der Waals surface area (Å²) in [5, 5.41) is 13.1. The highest BCUT2D eigenvalue weighted by molar-refractivity contribution is 5.59. The first-order valence-electron chi connectivity index (χ1n) is 6.97. The van der Waals surface area contributed by atoms with Crippen LogP contribution in [0.2, 0.25) is 0 Å². The SMILES string of the molecule is Cc1cccc(Nc2nncc(Nc3ccc(F)c(F)c3F)n2)c1. The Morgan fingerprint density at radius 3 is 2.58 bits per heavy atom. The molecule has 24 heavy (non-hydrogen) atoms. The van der Waals surface area contributed by atoms with Crippen LogP contribution in [0.4, 0.5) is 36.3 Å². The molecule has 0 amide bonds. The minimum atomic E-state index is -1.56. The van der Waals surface area contributed by atoms with Crippen LogP contribution in [-0.4, -0.2) is 15.2 Å². The van der Waals surface area contributed by atoms with Gasteiger partial charge in [-0.15, -0.1) is 5.10 Å². The van der Waals surface area contributed by atoms with Crippen molar-refractivity contribution < 1.29 is 13.2 Å². The Bertz CT molecular complexity index is 885. The van der Waals surface area contributed by atoms with Gasteiger partial charge in [0.2, 0.25) is 5.95 Å². The first-order valence-corrected chi connectivity index (χ1v) is 6.97. The maximum absolute atomic E-state index is 13.7. The van der Waals surface area contributed by atoms with Crippen LogP contribution in [0.3, 0.4) is 0 Å². The number of nitrogens with one attached hydrogen (secondary N) is 2. The fourth-order valence-electron chi connectivity index (χ4n) is 2.03. The van der Waals surface area contributed by atoms with E-state index < -0.39 is 17.5 Å². The summed E-state index contributed by atoms with van der Waals surface area (Å²) in [5.41, 5.74) is 1.55. The van der Waals surface area contributed by atoms with Crippen molar-refractivity contribution in [3.05, 3.63) is 65.6 Å². The average Bonchev–Trinajstić information content (AvgIpc) is 2.56. The Morgan fingerprint density at radius 2 is 1.79 bits per heavy atom. The number of rotatable bonds is 4. The molecule has 2 aromatic carbocycles. The van der Waals surface area contributed by atoms with Gasteiger partial charge in [-0.25, -0.2) is 13.2 Å². The highest BCUT2D eigenvalue weighted by Crippen LogP contribution is 2.23. The molecular formula is C16H12F3N5. The third kappa shape index (κ3) is 3.43. The lowest BCUT2D eigenvalue weighted by Crippen LogP contribution is -2.04. The maximum Gasteiger partial charge on any atom is 0.249 e. The van der Waals surface area contributed by atoms with E-state index >= 15 is 0 Å². The molecule has 5 nitrogen and oxygen atoms in total. The molecule has 0 spiro atoms. The van der Waals surface area contributed by atoms with Crippen LogP contribution in [-0.2, 0) is 0 Å². The molecule has 0 bridgehead atoms. The maximum atomic E-state index is 13.7. The van der Waals surface area contributed by atoms with Crippen molar-refractivity contribution in [3.8, 4) is 0 Å². The molecule has 0 aliphatic heterocycles. The molecule has 1 heterocycles. The monoisotopic (exact) mass is 331 g/mol. The minimum absolute atomic E-state index is 0.130. The summed E-state index contributed by atoms with van der Waals surface area (Å²) in [6, 6.07) is 9.41. The quantitative estimate of drug-likeness (QED) is 0.705. The summed E-state index contributed by atoms with van der Waals surface area (Å²) in [6.45, 7) is 1.94. The summed E-state index contributed by atoms with van der Waals surface area (Å²) in [7, 11) is 0. The van der Waals surface area contributed by atoms with Crippen molar-refractivity contribution in [1.29, 1.82) is 0 Å². The highest BCUT2D eigenvalue weighted by Gasteiger charge is 2.14. The van der Waals surface area contributed by atoms with Crippen LogP contribution >= 0.6 is 0 Å². The van der Waals surface area contributed by atoms with Gasteiger partial charge in [-0.1, -0.05) is 12.1 Å². The van der Waals surface area contributed by atoms with Crippen molar-refractivity contribution in [2.75, 3.05) is 10.6 Å². The molecule has 0 saturated heterocycles. The van der Waals surface area contributed by atoms with Gasteiger partial charge in [0.1, 0.15) is 0 Å². The second-order valence-corrected chi connectivity index (χ2v) is 5.01. The van der Waals surface area contributed by atoms with Crippen molar-refractivity contribution in [3.63, 3.8) is 0 Å². The molecule has 1 aromatic heterocycles. The normalized spacial score (nSPS) is 10.5. The molecule has 0 unspecified atom stereocenters. The molecule has 0 fully saturated rings. The van der Waals surface area contributed by atoms with E-state index in [1.165, 1.54) is 6.20 Å². The summed E-state index contributed by atoms with van der Waals surface area (Å²) in [5.74, 6) is -3.85. The van der Waals surface area contributed by atoms with Gasteiger partial charge in [0, 0.05) is 5.69 Å². The topological polar surface area (TPSA) is 62.7 Å². The predicted octanol–water partition coefficient (Wildman–Crippen LogP) is 4.08. The Morgan fingerprint density at radius 1 is 0.958 bits per heavy atom. The Labute approximate surface area is 135 Å². The van der Waals surface area contributed by atoms with Crippen molar-refractivity contribution >= 4 is 23.1 Å². The zero-order valence-corrected chi connectivity index (χ0v) is 12.5. The van der Waals surface area contributed by atoms with Gasteiger partial charge < -0.3 is 10.6 Å². The van der Waals surface area contributed by atoms with Crippen LogP contribution in [0.5, 0.6) is 0 Å². The molecule has 0 radical (unpaired) electrons. The van der Waals surface area contributed by atoms with E-state index in [4.69, 9.17) is 0 Å². The lowest BCUT2D eigenvalue weighted by atomic mass is 10.2. The zero-order chi connectivity index (χ0) is 17.1. The van der Waals surface area contributed by atoms with E-state index in [1.54, 1.807) is 0 Å². The van der Waals surface area contributed by atoms with E-state index in [2.05, 4.69) is 25.8 Å². The van der Waals surface area contributed by atoms with Crippen molar-refractivity contribution in [1.82, 2.24) is 15.2 Å². The zero-order valence-electron chi connectivity index (χ0n) is 12.5. The van der Waals surface area contributed by atoms with Crippen LogP contribution < -0.4 is 10.6 Å². The van der Waals surface area contributed by atoms with Gasteiger partial charge >= 0.3 is 0 Å². The number of aromatic nitrogens is 3. The fraction of sp³-hybridized carbons (Fsp3) is 0.0625. The summed E-state index contributed by atoms with van der Waals surface area (Å²) in [6.07, 6.45) is 1.24. The molecule has 3 rings (SSSR count). The van der Waals surface area contributed by atoms with Gasteiger partial charge in [0.05, 0.1) is 11.9 Å². The fourth-order valence-corrected chi connectivity index (χ4v) is 2.03. The number of hydrogen-bond donors (Lipinski definition) is 2. The smallest absolute Gasteiger partial charge is 0.249 e. The summed E-state index contributed by atoms with van der Waals surface area (Å²) in [4.78, 5) is 4.11. The van der Waals surface area contributed by atoms with Crippen LogP contribution in [0.15, 0.2) is 42.6 Å². The number of hydrogen-bond acceptors (Lipinski definition) is 5. The van der Waals surface area contributed by atoms with Crippen LogP contribution in [0.1, 0.15) is 5.56 Å². The number of aryl methyl sites for hydroxylation is 1. The van der Waals surface area contributed by atoms with E-state index in [-0.39, 0.29) is 17.5 Å². The van der Waals surface area contributed by atoms with Crippen LogP contribution in [0.25, 0.3) is 0 Å². The molecule has 122 valence electrons. The molecule has 0 aliphatic carbocycles.